The van der Waals surface area contributed by atoms with Crippen molar-refractivity contribution in [2.24, 2.45) is 4.99 Å². The first-order valence-corrected chi connectivity index (χ1v) is 9.64. The standard InChI is InChI=1S/C23H27ClN2O/c1-7-26-21-12-22(27-6)17(10-19(21)16(3)13-23(26,4)5)14-25-18-9-8-15(2)20(24)11-18/h8-14H,7H2,1-6H3. The molecule has 0 bridgehead atoms. The van der Waals surface area contributed by atoms with Gasteiger partial charge in [-0.3, -0.25) is 4.99 Å². The van der Waals surface area contributed by atoms with Gasteiger partial charge < -0.3 is 9.64 Å². The fourth-order valence-corrected chi connectivity index (χ4v) is 3.96. The molecule has 0 aromatic heterocycles. The van der Waals surface area contributed by atoms with Crippen LogP contribution in [-0.4, -0.2) is 25.4 Å². The maximum atomic E-state index is 6.22. The molecule has 2 aromatic carbocycles. The van der Waals surface area contributed by atoms with E-state index < -0.39 is 0 Å². The van der Waals surface area contributed by atoms with Crippen LogP contribution in [0.15, 0.2) is 41.4 Å². The quantitative estimate of drug-likeness (QED) is 0.569. The summed E-state index contributed by atoms with van der Waals surface area (Å²) >= 11 is 6.22. The van der Waals surface area contributed by atoms with Gasteiger partial charge in [0.1, 0.15) is 5.75 Å². The molecule has 1 heterocycles. The first kappa shape index (κ1) is 19.5. The zero-order valence-electron chi connectivity index (χ0n) is 16.9. The van der Waals surface area contributed by atoms with Crippen LogP contribution >= 0.6 is 11.6 Å². The minimum atomic E-state index is -0.0227. The van der Waals surface area contributed by atoms with E-state index in [0.717, 1.165) is 34.1 Å². The number of allylic oxidation sites excluding steroid dienone is 1. The zero-order chi connectivity index (χ0) is 19.8. The van der Waals surface area contributed by atoms with Crippen molar-refractivity contribution in [2.45, 2.75) is 40.2 Å². The topological polar surface area (TPSA) is 24.8 Å². The Morgan fingerprint density at radius 1 is 1.19 bits per heavy atom. The van der Waals surface area contributed by atoms with Crippen molar-refractivity contribution in [1.29, 1.82) is 0 Å². The summed E-state index contributed by atoms with van der Waals surface area (Å²) in [6.45, 7) is 11.8. The number of likely N-dealkylation sites (N-methyl/N-ethyl adjacent to an activating group) is 1. The Hall–Kier alpha value is -2.26. The van der Waals surface area contributed by atoms with E-state index in [2.05, 4.69) is 55.8 Å². The van der Waals surface area contributed by atoms with E-state index >= 15 is 0 Å². The normalized spacial score (nSPS) is 15.7. The third-order valence-electron chi connectivity index (χ3n) is 5.15. The number of fused-ring (bicyclic) bond motifs is 1. The van der Waals surface area contributed by atoms with E-state index in [-0.39, 0.29) is 5.54 Å². The monoisotopic (exact) mass is 382 g/mol. The fourth-order valence-electron chi connectivity index (χ4n) is 3.78. The van der Waals surface area contributed by atoms with Crippen LogP contribution in [0.2, 0.25) is 5.02 Å². The lowest BCUT2D eigenvalue weighted by Crippen LogP contribution is -2.44. The number of aryl methyl sites for hydroxylation is 1. The number of anilines is 1. The Bertz CT molecular complexity index is 928. The summed E-state index contributed by atoms with van der Waals surface area (Å²) in [6, 6.07) is 10.1. The lowest BCUT2D eigenvalue weighted by atomic mass is 9.88. The first-order valence-electron chi connectivity index (χ1n) is 9.26. The van der Waals surface area contributed by atoms with Gasteiger partial charge in [-0.15, -0.1) is 0 Å². The predicted molar refractivity (Wildman–Crippen MR) is 117 cm³/mol. The number of hydrogen-bond donors (Lipinski definition) is 0. The third-order valence-corrected chi connectivity index (χ3v) is 5.56. The van der Waals surface area contributed by atoms with E-state index in [1.807, 2.05) is 31.3 Å². The van der Waals surface area contributed by atoms with Crippen LogP contribution in [0.4, 0.5) is 11.4 Å². The second kappa shape index (κ2) is 7.40. The molecule has 0 aliphatic carbocycles. The number of methoxy groups -OCH3 is 1. The highest BCUT2D eigenvalue weighted by molar-refractivity contribution is 6.31. The molecule has 0 atom stereocenters. The van der Waals surface area contributed by atoms with E-state index in [9.17, 15) is 0 Å². The summed E-state index contributed by atoms with van der Waals surface area (Å²) in [5, 5.41) is 0.724. The smallest absolute Gasteiger partial charge is 0.129 e. The van der Waals surface area contributed by atoms with E-state index in [4.69, 9.17) is 16.3 Å². The van der Waals surface area contributed by atoms with Crippen molar-refractivity contribution in [2.75, 3.05) is 18.6 Å². The van der Waals surface area contributed by atoms with Crippen molar-refractivity contribution in [3.05, 3.63) is 58.1 Å². The molecule has 0 N–H and O–H groups in total. The number of benzene rings is 2. The van der Waals surface area contributed by atoms with Gasteiger partial charge in [-0.25, -0.2) is 0 Å². The Morgan fingerprint density at radius 2 is 1.93 bits per heavy atom. The Balaban J connectivity index is 2.06. The molecule has 0 saturated carbocycles. The molecule has 142 valence electrons. The van der Waals surface area contributed by atoms with Crippen molar-refractivity contribution in [3.63, 3.8) is 0 Å². The molecular weight excluding hydrogens is 356 g/mol. The maximum Gasteiger partial charge on any atom is 0.129 e. The van der Waals surface area contributed by atoms with Crippen molar-refractivity contribution < 1.29 is 4.74 Å². The molecule has 0 radical (unpaired) electrons. The highest BCUT2D eigenvalue weighted by atomic mass is 35.5. The minimum Gasteiger partial charge on any atom is -0.496 e. The molecule has 0 amide bonds. The second-order valence-electron chi connectivity index (χ2n) is 7.53. The molecule has 0 unspecified atom stereocenters. The number of nitrogens with zero attached hydrogens (tertiary/aromatic N) is 2. The lowest BCUT2D eigenvalue weighted by molar-refractivity contribution is 0.413. The molecule has 0 saturated heterocycles. The summed E-state index contributed by atoms with van der Waals surface area (Å²) in [5.41, 5.74) is 6.51. The SMILES string of the molecule is CCN1c2cc(OC)c(C=Nc3ccc(C)c(Cl)c3)cc2C(C)=CC1(C)C. The second-order valence-corrected chi connectivity index (χ2v) is 7.94. The van der Waals surface area contributed by atoms with Gasteiger partial charge in [0.05, 0.1) is 18.3 Å². The van der Waals surface area contributed by atoms with Crippen molar-refractivity contribution >= 4 is 34.8 Å². The Labute approximate surface area is 167 Å². The van der Waals surface area contributed by atoms with Gasteiger partial charge in [0.25, 0.3) is 0 Å². The van der Waals surface area contributed by atoms with Crippen LogP contribution in [0.25, 0.3) is 5.57 Å². The third kappa shape index (κ3) is 3.74. The van der Waals surface area contributed by atoms with E-state index in [1.165, 1.54) is 16.8 Å². The minimum absolute atomic E-state index is 0.0227. The van der Waals surface area contributed by atoms with Crippen molar-refractivity contribution in [1.82, 2.24) is 0 Å². The highest BCUT2D eigenvalue weighted by Crippen LogP contribution is 2.41. The summed E-state index contributed by atoms with van der Waals surface area (Å²) in [5.74, 6) is 0.819. The summed E-state index contributed by atoms with van der Waals surface area (Å²) in [7, 11) is 1.70. The summed E-state index contributed by atoms with van der Waals surface area (Å²) in [4.78, 5) is 7.01. The van der Waals surface area contributed by atoms with Gasteiger partial charge in [-0.1, -0.05) is 23.7 Å². The van der Waals surface area contributed by atoms with Crippen LogP contribution < -0.4 is 9.64 Å². The molecule has 4 heteroatoms. The number of hydrogen-bond acceptors (Lipinski definition) is 3. The van der Waals surface area contributed by atoms with Gasteiger partial charge >= 0.3 is 0 Å². The van der Waals surface area contributed by atoms with E-state index in [1.54, 1.807) is 7.11 Å². The van der Waals surface area contributed by atoms with Crippen LogP contribution in [0.1, 0.15) is 44.4 Å². The highest BCUT2D eigenvalue weighted by Gasteiger charge is 2.31. The van der Waals surface area contributed by atoms with Crippen LogP contribution in [-0.2, 0) is 0 Å². The number of halogens is 1. The van der Waals surface area contributed by atoms with Crippen molar-refractivity contribution in [3.8, 4) is 5.75 Å². The first-order chi connectivity index (χ1) is 12.8. The average molecular weight is 383 g/mol. The molecule has 1 aliphatic rings. The summed E-state index contributed by atoms with van der Waals surface area (Å²) < 4.78 is 5.68. The maximum absolute atomic E-state index is 6.22. The predicted octanol–water partition coefficient (Wildman–Crippen LogP) is 6.43. The van der Waals surface area contributed by atoms with Crippen LogP contribution in [0, 0.1) is 6.92 Å². The Morgan fingerprint density at radius 3 is 2.56 bits per heavy atom. The largest absolute Gasteiger partial charge is 0.496 e. The molecule has 0 fully saturated rings. The zero-order valence-corrected chi connectivity index (χ0v) is 17.7. The molecule has 3 nitrogen and oxygen atoms in total. The lowest BCUT2D eigenvalue weighted by Gasteiger charge is -2.43. The van der Waals surface area contributed by atoms with Gasteiger partial charge in [0.15, 0.2) is 0 Å². The molecule has 1 aliphatic heterocycles. The van der Waals surface area contributed by atoms with E-state index in [0.29, 0.717) is 0 Å². The molecular formula is C23H27ClN2O. The number of aliphatic imine (C=N–C) groups is 1. The van der Waals surface area contributed by atoms with Gasteiger partial charge in [0, 0.05) is 40.7 Å². The van der Waals surface area contributed by atoms with Crippen LogP contribution in [0.5, 0.6) is 5.75 Å². The number of rotatable bonds is 4. The molecule has 0 spiro atoms. The van der Waals surface area contributed by atoms with Gasteiger partial charge in [0.2, 0.25) is 0 Å². The fraction of sp³-hybridized carbons (Fsp3) is 0.348. The Kier molecular flexibility index (Phi) is 5.34. The van der Waals surface area contributed by atoms with Crippen LogP contribution in [0.3, 0.4) is 0 Å². The van der Waals surface area contributed by atoms with Gasteiger partial charge in [-0.2, -0.15) is 0 Å². The summed E-state index contributed by atoms with van der Waals surface area (Å²) in [6.07, 6.45) is 4.18. The molecule has 3 rings (SSSR count). The number of ether oxygens (including phenoxy) is 1. The molecule has 27 heavy (non-hydrogen) atoms. The molecule has 2 aromatic rings. The average Bonchev–Trinajstić information content (AvgIpc) is 2.61. The van der Waals surface area contributed by atoms with Gasteiger partial charge in [-0.05, 0) is 64.0 Å².